The Morgan fingerprint density at radius 2 is 2.06 bits per heavy atom. The number of aromatic hydroxyl groups is 1. The Bertz CT molecular complexity index is 519. The number of rotatable bonds is 3. The van der Waals surface area contributed by atoms with Crippen LogP contribution in [0.3, 0.4) is 0 Å². The summed E-state index contributed by atoms with van der Waals surface area (Å²) in [5.74, 6) is 0.290. The molecule has 0 atom stereocenters. The highest BCUT2D eigenvalue weighted by Crippen LogP contribution is 2.20. The van der Waals surface area contributed by atoms with Crippen LogP contribution in [0.4, 0.5) is 0 Å². The largest absolute Gasteiger partial charge is 0.508 e. The molecule has 0 bridgehead atoms. The first-order chi connectivity index (χ1) is 8.15. The van der Waals surface area contributed by atoms with Gasteiger partial charge in [-0.25, -0.2) is 0 Å². The Morgan fingerprint density at radius 3 is 2.71 bits per heavy atom. The molecule has 1 aromatic carbocycles. The van der Waals surface area contributed by atoms with Crippen molar-refractivity contribution in [2.24, 2.45) is 0 Å². The number of nitrogens with zero attached hydrogens (tertiary/aromatic N) is 2. The molecule has 1 heterocycles. The molecule has 0 saturated carbocycles. The van der Waals surface area contributed by atoms with Crippen molar-refractivity contribution in [2.45, 2.75) is 13.5 Å². The zero-order valence-corrected chi connectivity index (χ0v) is 9.08. The second-order valence-electron chi connectivity index (χ2n) is 3.33. The molecule has 0 fully saturated rings. The number of aromatic nitrogens is 2. The molecule has 0 spiro atoms. The summed E-state index contributed by atoms with van der Waals surface area (Å²) >= 11 is 0. The summed E-state index contributed by atoms with van der Waals surface area (Å²) in [6, 6.07) is 6.34. The smallest absolute Gasteiger partial charge is 0.303 e. The van der Waals surface area contributed by atoms with E-state index in [0.717, 1.165) is 0 Å². The number of benzene rings is 1. The maximum absolute atomic E-state index is 10.6. The minimum absolute atomic E-state index is 0.0413. The Balaban J connectivity index is 2.12. The van der Waals surface area contributed by atoms with Crippen molar-refractivity contribution in [2.75, 3.05) is 0 Å². The fourth-order valence-electron chi connectivity index (χ4n) is 1.20. The van der Waals surface area contributed by atoms with Gasteiger partial charge in [0, 0.05) is 12.5 Å². The van der Waals surface area contributed by atoms with E-state index in [-0.39, 0.29) is 18.2 Å². The maximum atomic E-state index is 10.6. The van der Waals surface area contributed by atoms with Crippen LogP contribution in [0.25, 0.3) is 11.5 Å². The number of hydrogen-bond acceptors (Lipinski definition) is 6. The normalized spacial score (nSPS) is 10.2. The minimum Gasteiger partial charge on any atom is -0.508 e. The second kappa shape index (κ2) is 4.65. The van der Waals surface area contributed by atoms with Crippen LogP contribution < -0.4 is 0 Å². The summed E-state index contributed by atoms with van der Waals surface area (Å²) in [4.78, 5) is 10.6. The lowest BCUT2D eigenvalue weighted by molar-refractivity contribution is -0.142. The molecule has 0 amide bonds. The minimum atomic E-state index is -0.408. The van der Waals surface area contributed by atoms with Crippen molar-refractivity contribution >= 4 is 5.97 Å². The summed E-state index contributed by atoms with van der Waals surface area (Å²) in [5.41, 5.74) is 0.685. The van der Waals surface area contributed by atoms with E-state index in [0.29, 0.717) is 11.5 Å². The molecular weight excluding hydrogens is 224 g/mol. The van der Waals surface area contributed by atoms with Crippen molar-refractivity contribution in [3.63, 3.8) is 0 Å². The van der Waals surface area contributed by atoms with Crippen LogP contribution in [0.5, 0.6) is 5.75 Å². The Hall–Kier alpha value is -2.37. The highest BCUT2D eigenvalue weighted by molar-refractivity contribution is 5.65. The van der Waals surface area contributed by atoms with E-state index in [9.17, 15) is 4.79 Å². The average molecular weight is 234 g/mol. The third-order valence-electron chi connectivity index (χ3n) is 1.98. The van der Waals surface area contributed by atoms with Gasteiger partial charge in [-0.3, -0.25) is 4.79 Å². The summed E-state index contributed by atoms with van der Waals surface area (Å²) in [5, 5.41) is 16.7. The third-order valence-corrected chi connectivity index (χ3v) is 1.98. The molecule has 88 valence electrons. The van der Waals surface area contributed by atoms with E-state index in [2.05, 4.69) is 10.2 Å². The van der Waals surface area contributed by atoms with Gasteiger partial charge in [0.25, 0.3) is 5.89 Å². The first-order valence-electron chi connectivity index (χ1n) is 4.90. The number of esters is 1. The number of phenols is 1. The fraction of sp³-hybridized carbons (Fsp3) is 0.182. The van der Waals surface area contributed by atoms with Gasteiger partial charge < -0.3 is 14.3 Å². The van der Waals surface area contributed by atoms with E-state index < -0.39 is 5.97 Å². The molecule has 1 aromatic heterocycles. The number of ether oxygens (including phenoxy) is 1. The van der Waals surface area contributed by atoms with Gasteiger partial charge in [-0.15, -0.1) is 10.2 Å². The van der Waals surface area contributed by atoms with Gasteiger partial charge in [-0.05, 0) is 24.3 Å². The first kappa shape index (κ1) is 11.1. The predicted molar refractivity (Wildman–Crippen MR) is 56.9 cm³/mol. The van der Waals surface area contributed by atoms with E-state index in [1.807, 2.05) is 0 Å². The number of phenolic OH excluding ortho intramolecular Hbond substituents is 1. The summed E-state index contributed by atoms with van der Waals surface area (Å²) < 4.78 is 10.00. The van der Waals surface area contributed by atoms with Crippen molar-refractivity contribution in [3.8, 4) is 17.2 Å². The van der Waals surface area contributed by atoms with Crippen LogP contribution >= 0.6 is 0 Å². The van der Waals surface area contributed by atoms with E-state index in [1.165, 1.54) is 19.1 Å². The Kier molecular flexibility index (Phi) is 3.04. The zero-order valence-electron chi connectivity index (χ0n) is 9.08. The molecule has 0 aliphatic carbocycles. The predicted octanol–water partition coefficient (Wildman–Crippen LogP) is 1.51. The monoisotopic (exact) mass is 234 g/mol. The Labute approximate surface area is 96.9 Å². The van der Waals surface area contributed by atoms with Crippen LogP contribution in [-0.4, -0.2) is 21.3 Å². The van der Waals surface area contributed by atoms with Crippen LogP contribution in [0.1, 0.15) is 12.8 Å². The molecular formula is C11H10N2O4. The van der Waals surface area contributed by atoms with Crippen LogP contribution in [0.2, 0.25) is 0 Å². The summed E-state index contributed by atoms with van der Waals surface area (Å²) in [6.45, 7) is 1.26. The summed E-state index contributed by atoms with van der Waals surface area (Å²) in [6.07, 6.45) is 0. The molecule has 2 aromatic rings. The first-order valence-corrected chi connectivity index (χ1v) is 4.90. The molecule has 0 unspecified atom stereocenters. The van der Waals surface area contributed by atoms with E-state index in [1.54, 1.807) is 12.1 Å². The molecule has 0 aliphatic heterocycles. The number of carbonyl (C=O) groups is 1. The molecule has 6 heteroatoms. The molecule has 1 N–H and O–H groups in total. The Morgan fingerprint density at radius 1 is 1.35 bits per heavy atom. The average Bonchev–Trinajstić information content (AvgIpc) is 2.76. The van der Waals surface area contributed by atoms with Crippen molar-refractivity contribution in [1.82, 2.24) is 10.2 Å². The zero-order chi connectivity index (χ0) is 12.3. The van der Waals surface area contributed by atoms with Gasteiger partial charge in [0.2, 0.25) is 5.89 Å². The third kappa shape index (κ3) is 2.81. The number of carbonyl (C=O) groups excluding carboxylic acids is 1. The molecule has 6 nitrogen and oxygen atoms in total. The van der Waals surface area contributed by atoms with Crippen molar-refractivity contribution in [1.29, 1.82) is 0 Å². The van der Waals surface area contributed by atoms with Crippen LogP contribution in [0, 0.1) is 0 Å². The molecule has 0 radical (unpaired) electrons. The van der Waals surface area contributed by atoms with Crippen LogP contribution in [0.15, 0.2) is 28.7 Å². The maximum Gasteiger partial charge on any atom is 0.303 e. The van der Waals surface area contributed by atoms with Gasteiger partial charge in [0.1, 0.15) is 5.75 Å². The molecule has 2 rings (SSSR count). The topological polar surface area (TPSA) is 85.5 Å². The van der Waals surface area contributed by atoms with Gasteiger partial charge >= 0.3 is 5.97 Å². The van der Waals surface area contributed by atoms with Gasteiger partial charge in [-0.2, -0.15) is 0 Å². The lowest BCUT2D eigenvalue weighted by Crippen LogP contribution is -1.98. The van der Waals surface area contributed by atoms with E-state index in [4.69, 9.17) is 14.3 Å². The van der Waals surface area contributed by atoms with Gasteiger partial charge in [0.15, 0.2) is 6.61 Å². The lowest BCUT2D eigenvalue weighted by atomic mass is 10.2. The molecule has 0 aliphatic rings. The highest BCUT2D eigenvalue weighted by atomic mass is 16.5. The lowest BCUT2D eigenvalue weighted by Gasteiger charge is -1.96. The van der Waals surface area contributed by atoms with Crippen molar-refractivity contribution in [3.05, 3.63) is 30.2 Å². The van der Waals surface area contributed by atoms with Crippen LogP contribution in [-0.2, 0) is 16.1 Å². The quantitative estimate of drug-likeness (QED) is 0.810. The van der Waals surface area contributed by atoms with E-state index >= 15 is 0 Å². The molecule has 17 heavy (non-hydrogen) atoms. The number of hydrogen-bond donors (Lipinski definition) is 1. The SMILES string of the molecule is CC(=O)OCc1nnc(-c2ccc(O)cc2)o1. The second-order valence-corrected chi connectivity index (χ2v) is 3.33. The van der Waals surface area contributed by atoms with Gasteiger partial charge in [-0.1, -0.05) is 0 Å². The molecule has 0 saturated heterocycles. The van der Waals surface area contributed by atoms with Crippen molar-refractivity contribution < 1.29 is 19.1 Å². The standard InChI is InChI=1S/C11H10N2O4/c1-7(14)16-6-10-12-13-11(17-10)8-2-4-9(15)5-3-8/h2-5,15H,6H2,1H3. The highest BCUT2D eigenvalue weighted by Gasteiger charge is 2.09. The van der Waals surface area contributed by atoms with Gasteiger partial charge in [0.05, 0.1) is 0 Å². The fourth-order valence-corrected chi connectivity index (χ4v) is 1.20. The summed E-state index contributed by atoms with van der Waals surface area (Å²) in [7, 11) is 0.